The van der Waals surface area contributed by atoms with Crippen molar-refractivity contribution < 1.29 is 38.8 Å². The number of pyridine rings is 1. The molecule has 6 aromatic rings. The molecule has 0 unspecified atom stereocenters. The maximum absolute atomic E-state index is 13.9. The number of carbonyl (C=O) groups excluding carboxylic acids is 1. The molecule has 1 radical (unpaired) electrons. The van der Waals surface area contributed by atoms with Crippen molar-refractivity contribution in [3.63, 3.8) is 0 Å². The van der Waals surface area contributed by atoms with Gasteiger partial charge in [-0.3, -0.25) is 9.78 Å². The fourth-order valence-electron chi connectivity index (χ4n) is 5.20. The second-order valence-electron chi connectivity index (χ2n) is 9.96. The van der Waals surface area contributed by atoms with E-state index in [1.165, 1.54) is 32.1 Å². The fourth-order valence-corrected chi connectivity index (χ4v) is 5.20. The number of hydrogen-bond acceptors (Lipinski definition) is 4. The van der Waals surface area contributed by atoms with E-state index in [9.17, 15) is 18.8 Å². The zero-order valence-electron chi connectivity index (χ0n) is 23.5. The number of aliphatic hydroxyl groups is 1. The molecule has 1 N–H and O–H groups in total. The molecule has 0 spiro atoms. The van der Waals surface area contributed by atoms with Crippen LogP contribution in [0.4, 0.5) is 8.78 Å². The molecule has 1 heterocycles. The first-order valence-corrected chi connectivity index (χ1v) is 13.2. The monoisotopic (exact) mass is 748 g/mol. The van der Waals surface area contributed by atoms with Gasteiger partial charge >= 0.3 is 0 Å². The molecule has 0 aliphatic carbocycles. The van der Waals surface area contributed by atoms with Gasteiger partial charge in [0.2, 0.25) is 0 Å². The maximum Gasteiger partial charge on any atom is 0.155 e. The van der Waals surface area contributed by atoms with Crippen LogP contribution in [0.3, 0.4) is 0 Å². The molecular weight excluding hydrogens is 723 g/mol. The molecule has 215 valence electrons. The predicted octanol–water partition coefficient (Wildman–Crippen LogP) is 9.17. The number of aliphatic hydroxyl groups excluding tert-OH is 1. The standard InChI is InChI=1S/C31H17F2N2.C5H8O2.Ir/c1-18-25(20-14-23(32)16-24(33)15-20)6-8-28-26(18)7-9-30-29(28)10-11-35-31(30)21-12-19-4-2-3-5-27(19)22(13-21)17-34;1-4(6)3-5(2)7;/h2-11,13-16H,1H3;3,6H,1-2H3;/q-1;;/b;4-3-;. The third-order valence-electron chi connectivity index (χ3n) is 6.95. The van der Waals surface area contributed by atoms with Gasteiger partial charge in [-0.05, 0) is 82.8 Å². The van der Waals surface area contributed by atoms with E-state index in [0.29, 0.717) is 11.1 Å². The number of aryl methyl sites for hydroxylation is 1. The number of allylic oxidation sites excluding steroid dienone is 2. The normalized spacial score (nSPS) is 11.0. The van der Waals surface area contributed by atoms with Crippen molar-refractivity contribution in [2.75, 3.05) is 0 Å². The number of hydrogen-bond donors (Lipinski definition) is 1. The quantitative estimate of drug-likeness (QED) is 0.0849. The molecular formula is C36H25F2IrN2O2-. The summed E-state index contributed by atoms with van der Waals surface area (Å²) in [5.41, 5.74) is 4.32. The fraction of sp³-hybridized carbons (Fsp3) is 0.0833. The summed E-state index contributed by atoms with van der Waals surface area (Å²) in [6.45, 7) is 4.81. The zero-order chi connectivity index (χ0) is 30.0. The molecule has 0 atom stereocenters. The minimum atomic E-state index is -0.600. The summed E-state index contributed by atoms with van der Waals surface area (Å²) in [6.07, 6.45) is 2.93. The number of fused-ring (bicyclic) bond motifs is 4. The van der Waals surface area contributed by atoms with E-state index in [2.05, 4.69) is 17.1 Å². The number of halogens is 2. The summed E-state index contributed by atoms with van der Waals surface area (Å²) >= 11 is 0. The first-order valence-electron chi connectivity index (χ1n) is 13.2. The van der Waals surface area contributed by atoms with Crippen LogP contribution in [-0.4, -0.2) is 15.9 Å². The Morgan fingerprint density at radius 3 is 2.19 bits per heavy atom. The van der Waals surface area contributed by atoms with Crippen LogP contribution in [-0.2, 0) is 24.9 Å². The van der Waals surface area contributed by atoms with Crippen molar-refractivity contribution >= 4 is 38.1 Å². The van der Waals surface area contributed by atoms with Gasteiger partial charge in [0.15, 0.2) is 5.78 Å². The van der Waals surface area contributed by atoms with Gasteiger partial charge in [0.25, 0.3) is 0 Å². The van der Waals surface area contributed by atoms with E-state index >= 15 is 0 Å². The smallest absolute Gasteiger partial charge is 0.155 e. The van der Waals surface area contributed by atoms with Crippen LogP contribution in [0, 0.1) is 36.0 Å². The minimum Gasteiger partial charge on any atom is -0.512 e. The van der Waals surface area contributed by atoms with Crippen LogP contribution >= 0.6 is 0 Å². The van der Waals surface area contributed by atoms with Crippen LogP contribution in [0.15, 0.2) is 96.9 Å². The van der Waals surface area contributed by atoms with E-state index in [0.717, 1.165) is 60.8 Å². The van der Waals surface area contributed by atoms with Crippen LogP contribution in [0.25, 0.3) is 54.7 Å². The Hall–Kier alpha value is -4.76. The van der Waals surface area contributed by atoms with E-state index in [1.54, 1.807) is 6.20 Å². The van der Waals surface area contributed by atoms with Crippen molar-refractivity contribution in [2.45, 2.75) is 20.8 Å². The van der Waals surface area contributed by atoms with Gasteiger partial charge in [-0.2, -0.15) is 5.26 Å². The molecule has 43 heavy (non-hydrogen) atoms. The SMILES string of the molecule is CC(=O)/C=C(/C)O.Cc1c(-c2cc(F)cc(F)c2)ccc2c1ccc1c(-c3[c-]c4ccccc4c(C#N)c3)nccc12.[Ir]. The summed E-state index contributed by atoms with van der Waals surface area (Å²) < 4.78 is 27.7. The summed E-state index contributed by atoms with van der Waals surface area (Å²) in [7, 11) is 0. The minimum absolute atomic E-state index is 0. The number of carbonyl (C=O) groups is 1. The Morgan fingerprint density at radius 2 is 1.53 bits per heavy atom. The first kappa shape index (κ1) is 31.2. The average Bonchev–Trinajstić information content (AvgIpc) is 2.95. The molecule has 0 fully saturated rings. The maximum atomic E-state index is 13.9. The Kier molecular flexibility index (Phi) is 9.46. The van der Waals surface area contributed by atoms with Crippen LogP contribution in [0.5, 0.6) is 0 Å². The number of rotatable bonds is 3. The van der Waals surface area contributed by atoms with Gasteiger partial charge in [0.05, 0.1) is 11.8 Å². The first-order chi connectivity index (χ1) is 20.2. The van der Waals surface area contributed by atoms with Crippen molar-refractivity contribution in [2.24, 2.45) is 0 Å². The Bertz CT molecular complexity index is 2070. The summed E-state index contributed by atoms with van der Waals surface area (Å²) in [5, 5.41) is 23.8. The molecule has 6 rings (SSSR count). The van der Waals surface area contributed by atoms with Crippen LogP contribution < -0.4 is 0 Å². The predicted molar refractivity (Wildman–Crippen MR) is 163 cm³/mol. The van der Waals surface area contributed by atoms with E-state index < -0.39 is 11.6 Å². The Morgan fingerprint density at radius 1 is 0.884 bits per heavy atom. The van der Waals surface area contributed by atoms with E-state index in [4.69, 9.17) is 5.11 Å². The molecule has 0 saturated carbocycles. The molecule has 7 heteroatoms. The van der Waals surface area contributed by atoms with Gasteiger partial charge in [0.1, 0.15) is 11.6 Å². The van der Waals surface area contributed by atoms with Crippen molar-refractivity contribution in [3.8, 4) is 28.5 Å². The second kappa shape index (κ2) is 13.0. The van der Waals surface area contributed by atoms with Crippen molar-refractivity contribution in [1.82, 2.24) is 4.98 Å². The number of nitriles is 1. The molecule has 0 aliphatic heterocycles. The topological polar surface area (TPSA) is 74.0 Å². The number of benzene rings is 5. The summed E-state index contributed by atoms with van der Waals surface area (Å²) in [5.74, 6) is -1.26. The number of ketones is 1. The van der Waals surface area contributed by atoms with Gasteiger partial charge < -0.3 is 5.11 Å². The second-order valence-corrected chi connectivity index (χ2v) is 9.96. The third-order valence-corrected chi connectivity index (χ3v) is 6.95. The molecule has 1 aromatic heterocycles. The Balaban J connectivity index is 0.000000475. The molecule has 5 aromatic carbocycles. The zero-order valence-corrected chi connectivity index (χ0v) is 25.9. The van der Waals surface area contributed by atoms with E-state index in [-0.39, 0.29) is 31.6 Å². The van der Waals surface area contributed by atoms with Gasteiger partial charge in [-0.1, -0.05) is 53.4 Å². The van der Waals surface area contributed by atoms with Crippen molar-refractivity contribution in [1.29, 1.82) is 5.26 Å². The number of nitrogens with zero attached hydrogens (tertiary/aromatic N) is 2. The van der Waals surface area contributed by atoms with Crippen LogP contribution in [0.2, 0.25) is 0 Å². The van der Waals surface area contributed by atoms with Gasteiger partial charge in [-0.15, -0.1) is 23.6 Å². The molecule has 0 aliphatic rings. The van der Waals surface area contributed by atoms with Crippen LogP contribution in [0.1, 0.15) is 25.0 Å². The van der Waals surface area contributed by atoms with Crippen molar-refractivity contribution in [3.05, 3.63) is 126 Å². The summed E-state index contributed by atoms with van der Waals surface area (Å²) in [6, 6.07) is 28.7. The molecule has 4 nitrogen and oxygen atoms in total. The largest absolute Gasteiger partial charge is 0.512 e. The van der Waals surface area contributed by atoms with Gasteiger partial charge in [0, 0.05) is 44.1 Å². The van der Waals surface area contributed by atoms with Gasteiger partial charge in [-0.25, -0.2) is 8.78 Å². The third kappa shape index (κ3) is 6.52. The summed E-state index contributed by atoms with van der Waals surface area (Å²) in [4.78, 5) is 14.7. The number of aromatic nitrogens is 1. The Labute approximate surface area is 261 Å². The molecule has 0 amide bonds. The molecule has 0 saturated heterocycles. The average molecular weight is 748 g/mol. The molecule has 0 bridgehead atoms. The van der Waals surface area contributed by atoms with E-state index in [1.807, 2.05) is 67.6 Å².